The van der Waals surface area contributed by atoms with Crippen LogP contribution in [-0.4, -0.2) is 33.9 Å². The first-order valence-corrected chi connectivity index (χ1v) is 10.9. The largest absolute Gasteiger partial charge is 0.493 e. The fourth-order valence-corrected chi connectivity index (χ4v) is 4.22. The first-order chi connectivity index (χ1) is 16.4. The van der Waals surface area contributed by atoms with Crippen molar-refractivity contribution >= 4 is 43.6 Å². The summed E-state index contributed by atoms with van der Waals surface area (Å²) in [4.78, 5) is 25.1. The number of aryl methyl sites for hydroxylation is 1. The molecule has 9 heteroatoms. The van der Waals surface area contributed by atoms with Gasteiger partial charge in [-0.25, -0.2) is 9.59 Å². The van der Waals surface area contributed by atoms with Crippen molar-refractivity contribution in [2.45, 2.75) is 6.92 Å². The Labute approximate surface area is 203 Å². The first-order valence-electron chi connectivity index (χ1n) is 10.2. The Balaban J connectivity index is 1.67. The molecule has 3 aromatic carbocycles. The van der Waals surface area contributed by atoms with E-state index in [1.54, 1.807) is 18.2 Å². The average molecular weight is 529 g/mol. The SMILES string of the molecule is COc1cc2c(=O)oc3cc(OC(=O)COc4ccc(C)cc4Br)ccc3c2c(OC)c1OC. The van der Waals surface area contributed by atoms with E-state index in [-0.39, 0.29) is 23.3 Å². The lowest BCUT2D eigenvalue weighted by atomic mass is 10.0. The van der Waals surface area contributed by atoms with E-state index >= 15 is 0 Å². The molecule has 0 amide bonds. The summed E-state index contributed by atoms with van der Waals surface area (Å²) < 4.78 is 33.5. The predicted molar refractivity (Wildman–Crippen MR) is 130 cm³/mol. The highest BCUT2D eigenvalue weighted by atomic mass is 79.9. The lowest BCUT2D eigenvalue weighted by molar-refractivity contribution is -0.136. The van der Waals surface area contributed by atoms with Crippen LogP contribution in [0.3, 0.4) is 0 Å². The highest BCUT2D eigenvalue weighted by Gasteiger charge is 2.21. The molecule has 4 aromatic rings. The Morgan fingerprint density at radius 3 is 2.35 bits per heavy atom. The maximum absolute atomic E-state index is 12.7. The summed E-state index contributed by atoms with van der Waals surface area (Å²) >= 11 is 3.40. The molecule has 0 spiro atoms. The quantitative estimate of drug-likeness (QED) is 0.143. The molecule has 0 bridgehead atoms. The Morgan fingerprint density at radius 2 is 1.68 bits per heavy atom. The standard InChI is InChI=1S/C25H21BrO8/c1-13-5-8-18(17(26)9-13)32-12-21(27)33-14-6-7-15-19(10-14)34-25(28)16-11-20(29-2)23(30-3)24(31-4)22(15)16/h5-11H,12H2,1-4H3. The molecule has 0 fully saturated rings. The van der Waals surface area contributed by atoms with Crippen LogP contribution in [0.25, 0.3) is 21.7 Å². The first kappa shape index (κ1) is 23.4. The zero-order valence-corrected chi connectivity index (χ0v) is 20.5. The molecule has 1 heterocycles. The van der Waals surface area contributed by atoms with Crippen LogP contribution in [0.15, 0.2) is 56.1 Å². The van der Waals surface area contributed by atoms with E-state index in [1.165, 1.54) is 33.5 Å². The maximum atomic E-state index is 12.7. The van der Waals surface area contributed by atoms with Crippen molar-refractivity contribution in [2.75, 3.05) is 27.9 Å². The number of ether oxygens (including phenoxy) is 5. The second-order valence-electron chi connectivity index (χ2n) is 7.31. The molecule has 34 heavy (non-hydrogen) atoms. The summed E-state index contributed by atoms with van der Waals surface area (Å²) in [6.07, 6.45) is 0. The van der Waals surface area contributed by atoms with Crippen molar-refractivity contribution in [3.63, 3.8) is 0 Å². The molecular formula is C25H21BrO8. The number of carbonyl (C=O) groups excluding carboxylic acids is 1. The molecule has 0 radical (unpaired) electrons. The zero-order chi connectivity index (χ0) is 24.4. The Bertz CT molecular complexity index is 1460. The smallest absolute Gasteiger partial charge is 0.349 e. The summed E-state index contributed by atoms with van der Waals surface area (Å²) in [5.74, 6) is 1.13. The Hall–Kier alpha value is -3.72. The molecule has 0 aliphatic carbocycles. The minimum absolute atomic E-state index is 0.200. The highest BCUT2D eigenvalue weighted by molar-refractivity contribution is 9.10. The van der Waals surface area contributed by atoms with Gasteiger partial charge in [0.2, 0.25) is 5.75 Å². The van der Waals surface area contributed by atoms with Gasteiger partial charge in [-0.05, 0) is 58.7 Å². The van der Waals surface area contributed by atoms with Gasteiger partial charge in [0.1, 0.15) is 17.1 Å². The molecule has 0 saturated heterocycles. The van der Waals surface area contributed by atoms with Crippen LogP contribution in [-0.2, 0) is 4.79 Å². The second kappa shape index (κ2) is 9.64. The van der Waals surface area contributed by atoms with Gasteiger partial charge >= 0.3 is 11.6 Å². The van der Waals surface area contributed by atoms with Crippen molar-refractivity contribution < 1.29 is 32.9 Å². The van der Waals surface area contributed by atoms with Crippen molar-refractivity contribution in [1.82, 2.24) is 0 Å². The van der Waals surface area contributed by atoms with Crippen LogP contribution >= 0.6 is 15.9 Å². The number of esters is 1. The molecular weight excluding hydrogens is 508 g/mol. The summed E-state index contributed by atoms with van der Waals surface area (Å²) in [5.41, 5.74) is 0.674. The highest BCUT2D eigenvalue weighted by Crippen LogP contribution is 2.45. The van der Waals surface area contributed by atoms with Crippen LogP contribution < -0.4 is 29.3 Å². The fourth-order valence-electron chi connectivity index (χ4n) is 3.62. The maximum Gasteiger partial charge on any atom is 0.349 e. The normalized spacial score (nSPS) is 10.9. The molecule has 0 atom stereocenters. The van der Waals surface area contributed by atoms with Gasteiger partial charge in [-0.3, -0.25) is 0 Å². The van der Waals surface area contributed by atoms with E-state index in [0.717, 1.165) is 10.0 Å². The molecule has 176 valence electrons. The monoisotopic (exact) mass is 528 g/mol. The number of carbonyl (C=O) groups is 1. The topological polar surface area (TPSA) is 93.4 Å². The van der Waals surface area contributed by atoms with Gasteiger partial charge in [0.25, 0.3) is 0 Å². The lowest BCUT2D eigenvalue weighted by Gasteiger charge is -2.15. The average Bonchev–Trinajstić information content (AvgIpc) is 2.82. The van der Waals surface area contributed by atoms with E-state index in [0.29, 0.717) is 33.8 Å². The minimum Gasteiger partial charge on any atom is -0.493 e. The molecule has 1 aromatic heterocycles. The van der Waals surface area contributed by atoms with E-state index in [4.69, 9.17) is 28.1 Å². The van der Waals surface area contributed by atoms with E-state index in [1.807, 2.05) is 19.1 Å². The number of hydrogen-bond donors (Lipinski definition) is 0. The number of fused-ring (bicyclic) bond motifs is 3. The van der Waals surface area contributed by atoms with Crippen molar-refractivity contribution in [3.05, 3.63) is 62.9 Å². The molecule has 0 unspecified atom stereocenters. The fraction of sp³-hybridized carbons (Fsp3) is 0.200. The summed E-state index contributed by atoms with van der Waals surface area (Å²) in [5, 5.41) is 1.34. The van der Waals surface area contributed by atoms with Crippen LogP contribution in [0, 0.1) is 6.92 Å². The van der Waals surface area contributed by atoms with Gasteiger partial charge in [-0.2, -0.15) is 0 Å². The van der Waals surface area contributed by atoms with Gasteiger partial charge in [-0.15, -0.1) is 0 Å². The Kier molecular flexibility index (Phi) is 6.65. The third kappa shape index (κ3) is 4.38. The number of rotatable bonds is 7. The van der Waals surface area contributed by atoms with E-state index in [2.05, 4.69) is 15.9 Å². The van der Waals surface area contributed by atoms with E-state index < -0.39 is 11.6 Å². The number of methoxy groups -OCH3 is 3. The summed E-state index contributed by atoms with van der Waals surface area (Å²) in [7, 11) is 4.42. The molecule has 0 N–H and O–H groups in total. The van der Waals surface area contributed by atoms with Gasteiger partial charge in [-0.1, -0.05) is 6.07 Å². The van der Waals surface area contributed by atoms with Gasteiger partial charge in [0, 0.05) is 16.8 Å². The van der Waals surface area contributed by atoms with Gasteiger partial charge in [0.05, 0.1) is 31.2 Å². The molecule has 8 nitrogen and oxygen atoms in total. The number of hydrogen-bond acceptors (Lipinski definition) is 8. The third-order valence-electron chi connectivity index (χ3n) is 5.14. The summed E-state index contributed by atoms with van der Waals surface area (Å²) in [6.45, 7) is 1.65. The van der Waals surface area contributed by atoms with Crippen LogP contribution in [0.1, 0.15) is 5.56 Å². The third-order valence-corrected chi connectivity index (χ3v) is 5.76. The molecule has 0 saturated carbocycles. The number of benzene rings is 3. The minimum atomic E-state index is -0.612. The molecule has 0 aliphatic rings. The van der Waals surface area contributed by atoms with Crippen molar-refractivity contribution in [2.24, 2.45) is 0 Å². The van der Waals surface area contributed by atoms with Crippen LogP contribution in [0.5, 0.6) is 28.7 Å². The van der Waals surface area contributed by atoms with E-state index in [9.17, 15) is 9.59 Å². The molecule has 4 rings (SSSR count). The van der Waals surface area contributed by atoms with Gasteiger partial charge in [0.15, 0.2) is 18.1 Å². The predicted octanol–water partition coefficient (Wildman–Crippen LogP) is 5.03. The van der Waals surface area contributed by atoms with Crippen molar-refractivity contribution in [1.29, 1.82) is 0 Å². The van der Waals surface area contributed by atoms with Gasteiger partial charge < -0.3 is 28.1 Å². The number of halogens is 1. The van der Waals surface area contributed by atoms with Crippen LogP contribution in [0.2, 0.25) is 0 Å². The zero-order valence-electron chi connectivity index (χ0n) is 18.9. The molecule has 0 aliphatic heterocycles. The second-order valence-corrected chi connectivity index (χ2v) is 8.17. The summed E-state index contributed by atoms with van der Waals surface area (Å²) in [6, 6.07) is 11.8. The lowest BCUT2D eigenvalue weighted by Crippen LogP contribution is -2.17. The van der Waals surface area contributed by atoms with Crippen molar-refractivity contribution in [3.8, 4) is 28.7 Å². The Morgan fingerprint density at radius 1 is 0.912 bits per heavy atom. The van der Waals surface area contributed by atoms with Crippen LogP contribution in [0.4, 0.5) is 0 Å².